The molecule has 0 bridgehead atoms. The van der Waals surface area contributed by atoms with Crippen LogP contribution in [-0.4, -0.2) is 50.7 Å². The van der Waals surface area contributed by atoms with Gasteiger partial charge in [-0.2, -0.15) is 0 Å². The van der Waals surface area contributed by atoms with Gasteiger partial charge in [0, 0.05) is 35.3 Å². The van der Waals surface area contributed by atoms with E-state index in [4.69, 9.17) is 32.7 Å². The van der Waals surface area contributed by atoms with E-state index in [1.54, 1.807) is 42.4 Å². The predicted octanol–water partition coefficient (Wildman–Crippen LogP) is 5.47. The van der Waals surface area contributed by atoms with Crippen molar-refractivity contribution in [3.63, 3.8) is 0 Å². The predicted molar refractivity (Wildman–Crippen MR) is 130 cm³/mol. The molecule has 0 unspecified atom stereocenters. The molecule has 2 aliphatic heterocycles. The second-order valence-corrected chi connectivity index (χ2v) is 8.97. The number of likely N-dealkylation sites (tertiary alicyclic amines) is 1. The van der Waals surface area contributed by atoms with Crippen LogP contribution in [0, 0.1) is 0 Å². The zero-order valence-corrected chi connectivity index (χ0v) is 19.8. The summed E-state index contributed by atoms with van der Waals surface area (Å²) in [5.41, 5.74) is 2.70. The number of rotatable bonds is 7. The molecule has 1 fully saturated rings. The minimum absolute atomic E-state index is 0.0980. The summed E-state index contributed by atoms with van der Waals surface area (Å²) in [6, 6.07) is 9.13. The summed E-state index contributed by atoms with van der Waals surface area (Å²) in [5, 5.41) is 1.08. The number of fused-ring (bicyclic) bond motifs is 1. The lowest BCUT2D eigenvalue weighted by molar-refractivity contribution is -0.114. The Morgan fingerprint density at radius 1 is 1.06 bits per heavy atom. The van der Waals surface area contributed by atoms with E-state index in [-0.39, 0.29) is 5.91 Å². The summed E-state index contributed by atoms with van der Waals surface area (Å²) in [6.07, 6.45) is 7.88. The third-order valence-electron chi connectivity index (χ3n) is 6.01. The van der Waals surface area contributed by atoms with Gasteiger partial charge in [0.1, 0.15) is 6.61 Å². The van der Waals surface area contributed by atoms with Crippen molar-refractivity contribution in [2.75, 3.05) is 44.8 Å². The highest BCUT2D eigenvalue weighted by molar-refractivity contribution is 6.35. The molecule has 4 rings (SSSR count). The molecule has 32 heavy (non-hydrogen) atoms. The first-order valence-corrected chi connectivity index (χ1v) is 11.8. The third-order valence-corrected chi connectivity index (χ3v) is 6.57. The fourth-order valence-electron chi connectivity index (χ4n) is 4.25. The molecule has 2 heterocycles. The van der Waals surface area contributed by atoms with Crippen molar-refractivity contribution in [3.05, 3.63) is 57.6 Å². The van der Waals surface area contributed by atoms with Crippen LogP contribution in [0.3, 0.4) is 0 Å². The molecular formula is C25H28Cl2N2O3. The topological polar surface area (TPSA) is 42.0 Å². The lowest BCUT2D eigenvalue weighted by Crippen LogP contribution is -2.33. The largest absolute Gasteiger partial charge is 0.493 e. The van der Waals surface area contributed by atoms with E-state index in [0.717, 1.165) is 42.9 Å². The molecule has 170 valence electrons. The average Bonchev–Trinajstić information content (AvgIpc) is 3.21. The maximum atomic E-state index is 12.9. The summed E-state index contributed by atoms with van der Waals surface area (Å²) in [6.45, 7) is 4.38. The summed E-state index contributed by atoms with van der Waals surface area (Å²) in [4.78, 5) is 17.1. The number of amides is 1. The Hall–Kier alpha value is -2.21. The quantitative estimate of drug-likeness (QED) is 0.498. The molecule has 1 amide bonds. The van der Waals surface area contributed by atoms with Crippen molar-refractivity contribution in [3.8, 4) is 11.5 Å². The van der Waals surface area contributed by atoms with Crippen LogP contribution in [0.4, 0.5) is 5.69 Å². The van der Waals surface area contributed by atoms with E-state index >= 15 is 0 Å². The number of hydrogen-bond donors (Lipinski definition) is 0. The van der Waals surface area contributed by atoms with Crippen molar-refractivity contribution in [2.45, 2.75) is 25.7 Å². The van der Waals surface area contributed by atoms with E-state index in [1.165, 1.54) is 19.3 Å². The van der Waals surface area contributed by atoms with Crippen molar-refractivity contribution in [2.24, 2.45) is 0 Å². The normalized spacial score (nSPS) is 16.4. The first-order valence-electron chi connectivity index (χ1n) is 11.1. The number of hydrogen-bond acceptors (Lipinski definition) is 4. The number of halogens is 2. The van der Waals surface area contributed by atoms with Gasteiger partial charge in [-0.3, -0.25) is 9.69 Å². The fourth-order valence-corrected chi connectivity index (χ4v) is 4.72. The number of piperidine rings is 1. The van der Waals surface area contributed by atoms with Crippen LogP contribution in [0.1, 0.15) is 30.4 Å². The van der Waals surface area contributed by atoms with Gasteiger partial charge in [0.05, 0.1) is 12.8 Å². The minimum atomic E-state index is -0.0980. The molecule has 7 heteroatoms. The van der Waals surface area contributed by atoms with Crippen molar-refractivity contribution >= 4 is 40.9 Å². The molecule has 0 saturated carbocycles. The van der Waals surface area contributed by atoms with Crippen molar-refractivity contribution in [1.82, 2.24) is 4.90 Å². The molecule has 0 N–H and O–H groups in total. The smallest absolute Gasteiger partial charge is 0.251 e. The van der Waals surface area contributed by atoms with E-state index in [9.17, 15) is 4.79 Å². The van der Waals surface area contributed by atoms with Crippen LogP contribution in [0.5, 0.6) is 11.5 Å². The van der Waals surface area contributed by atoms with Gasteiger partial charge in [-0.05, 0) is 67.8 Å². The second kappa shape index (κ2) is 10.6. The molecule has 0 radical (unpaired) electrons. The molecule has 0 atom stereocenters. The molecule has 0 spiro atoms. The van der Waals surface area contributed by atoms with Crippen LogP contribution in [0.2, 0.25) is 10.0 Å². The maximum Gasteiger partial charge on any atom is 0.251 e. The van der Waals surface area contributed by atoms with E-state index in [2.05, 4.69) is 4.90 Å². The SMILES string of the molecule is COc1cc2c(cc1OCCN1CCCCC1)N(C(=O)/C=C/c1ccc(Cl)cc1Cl)CC2. The summed E-state index contributed by atoms with van der Waals surface area (Å²) < 4.78 is 11.6. The minimum Gasteiger partial charge on any atom is -0.493 e. The molecule has 2 aromatic carbocycles. The standard InChI is InChI=1S/C25H28Cl2N2O3/c1-31-23-15-19-9-12-29(25(30)8-6-18-5-7-20(26)16-21(18)27)22(19)17-24(23)32-14-13-28-10-3-2-4-11-28/h5-8,15-17H,2-4,9-14H2,1H3/b8-6+. The summed E-state index contributed by atoms with van der Waals surface area (Å²) in [7, 11) is 1.65. The zero-order valence-electron chi connectivity index (χ0n) is 18.3. The van der Waals surface area contributed by atoms with Gasteiger partial charge < -0.3 is 14.4 Å². The van der Waals surface area contributed by atoms with Crippen LogP contribution in [0.15, 0.2) is 36.4 Å². The summed E-state index contributed by atoms with van der Waals surface area (Å²) in [5.74, 6) is 1.28. The summed E-state index contributed by atoms with van der Waals surface area (Å²) >= 11 is 12.2. The molecule has 1 saturated heterocycles. The Morgan fingerprint density at radius 3 is 2.62 bits per heavy atom. The molecule has 0 aromatic heterocycles. The maximum absolute atomic E-state index is 12.9. The molecule has 5 nitrogen and oxygen atoms in total. The number of carbonyl (C=O) groups is 1. The Kier molecular flexibility index (Phi) is 7.61. The van der Waals surface area contributed by atoms with Crippen molar-refractivity contribution in [1.29, 1.82) is 0 Å². The van der Waals surface area contributed by atoms with Gasteiger partial charge in [0.2, 0.25) is 0 Å². The Bertz CT molecular complexity index is 1000. The number of nitrogens with zero attached hydrogens (tertiary/aromatic N) is 2. The van der Waals surface area contributed by atoms with Gasteiger partial charge in [-0.1, -0.05) is 35.7 Å². The third kappa shape index (κ3) is 5.40. The van der Waals surface area contributed by atoms with Gasteiger partial charge in [-0.15, -0.1) is 0 Å². The van der Waals surface area contributed by atoms with E-state index < -0.39 is 0 Å². The van der Waals surface area contributed by atoms with E-state index in [0.29, 0.717) is 34.7 Å². The van der Waals surface area contributed by atoms with Crippen LogP contribution in [-0.2, 0) is 11.2 Å². The second-order valence-electron chi connectivity index (χ2n) is 8.12. The fraction of sp³-hybridized carbons (Fsp3) is 0.400. The lowest BCUT2D eigenvalue weighted by atomic mass is 10.1. The molecule has 2 aliphatic rings. The highest BCUT2D eigenvalue weighted by Gasteiger charge is 2.26. The Balaban J connectivity index is 1.46. The van der Waals surface area contributed by atoms with Crippen molar-refractivity contribution < 1.29 is 14.3 Å². The van der Waals surface area contributed by atoms with Crippen LogP contribution < -0.4 is 14.4 Å². The Labute approximate surface area is 199 Å². The molecule has 2 aromatic rings. The highest BCUT2D eigenvalue weighted by atomic mass is 35.5. The number of anilines is 1. The van der Waals surface area contributed by atoms with Gasteiger partial charge >= 0.3 is 0 Å². The highest BCUT2D eigenvalue weighted by Crippen LogP contribution is 2.39. The van der Waals surface area contributed by atoms with Gasteiger partial charge in [0.25, 0.3) is 5.91 Å². The average molecular weight is 475 g/mol. The van der Waals surface area contributed by atoms with Crippen LogP contribution in [0.25, 0.3) is 6.08 Å². The number of methoxy groups -OCH3 is 1. The Morgan fingerprint density at radius 2 is 1.88 bits per heavy atom. The first-order chi connectivity index (χ1) is 15.5. The molecule has 0 aliphatic carbocycles. The monoisotopic (exact) mass is 474 g/mol. The number of carbonyl (C=O) groups excluding carboxylic acids is 1. The zero-order chi connectivity index (χ0) is 22.5. The first kappa shape index (κ1) is 23.0. The lowest BCUT2D eigenvalue weighted by Gasteiger charge is -2.26. The van der Waals surface area contributed by atoms with Gasteiger partial charge in [0.15, 0.2) is 11.5 Å². The van der Waals surface area contributed by atoms with Gasteiger partial charge in [-0.25, -0.2) is 0 Å². The molecular weight excluding hydrogens is 447 g/mol. The number of benzene rings is 2. The number of ether oxygens (including phenoxy) is 2. The van der Waals surface area contributed by atoms with Crippen LogP contribution >= 0.6 is 23.2 Å². The van der Waals surface area contributed by atoms with E-state index in [1.807, 2.05) is 12.1 Å².